The Labute approximate surface area is 104 Å². The Morgan fingerprint density at radius 3 is 2.89 bits per heavy atom. The van der Waals surface area contributed by atoms with E-state index >= 15 is 0 Å². The van der Waals surface area contributed by atoms with Crippen molar-refractivity contribution in [2.75, 3.05) is 6.61 Å². The summed E-state index contributed by atoms with van der Waals surface area (Å²) < 4.78 is 23.9. The Morgan fingerprint density at radius 2 is 2.22 bits per heavy atom. The molecule has 1 aliphatic rings. The second-order valence-electron chi connectivity index (χ2n) is 4.27. The van der Waals surface area contributed by atoms with Gasteiger partial charge in [0.25, 0.3) is 0 Å². The summed E-state index contributed by atoms with van der Waals surface area (Å²) in [5.74, 6) is -1.24. The molecule has 18 heavy (non-hydrogen) atoms. The van der Waals surface area contributed by atoms with Crippen molar-refractivity contribution in [1.29, 1.82) is 0 Å². The highest BCUT2D eigenvalue weighted by atomic mass is 19.1. The highest BCUT2D eigenvalue weighted by Crippen LogP contribution is 2.20. The highest BCUT2D eigenvalue weighted by Gasteiger charge is 2.30. The van der Waals surface area contributed by atoms with Crippen molar-refractivity contribution in [3.05, 3.63) is 35.6 Å². The summed E-state index contributed by atoms with van der Waals surface area (Å²) in [6.07, 6.45) is 0.224. The summed E-state index contributed by atoms with van der Waals surface area (Å²) in [6, 6.07) is 6.40. The quantitative estimate of drug-likeness (QED) is 0.872. The van der Waals surface area contributed by atoms with Gasteiger partial charge >= 0.3 is 5.97 Å². The molecule has 2 rings (SSSR count). The third kappa shape index (κ3) is 3.27. The molecule has 1 aliphatic heterocycles. The second kappa shape index (κ2) is 5.93. The number of ether oxygens (including phenoxy) is 2. The molecule has 5 heteroatoms. The molecule has 4 nitrogen and oxygen atoms in total. The highest BCUT2D eigenvalue weighted by molar-refractivity contribution is 5.72. The zero-order valence-electron chi connectivity index (χ0n) is 9.84. The van der Waals surface area contributed by atoms with Gasteiger partial charge in [-0.15, -0.1) is 0 Å². The minimum Gasteiger partial charge on any atom is -0.479 e. The first-order valence-electron chi connectivity index (χ1n) is 5.86. The number of hydrogen-bond donors (Lipinski definition) is 1. The van der Waals surface area contributed by atoms with E-state index < -0.39 is 12.1 Å². The first-order chi connectivity index (χ1) is 8.66. The van der Waals surface area contributed by atoms with Gasteiger partial charge in [-0.25, -0.2) is 9.18 Å². The smallest absolute Gasteiger partial charge is 0.332 e. The summed E-state index contributed by atoms with van der Waals surface area (Å²) in [4.78, 5) is 10.7. The van der Waals surface area contributed by atoms with Gasteiger partial charge in [-0.05, 0) is 18.9 Å². The molecule has 1 N–H and O–H groups in total. The summed E-state index contributed by atoms with van der Waals surface area (Å²) in [5.41, 5.74) is 0.491. The van der Waals surface area contributed by atoms with Gasteiger partial charge in [-0.3, -0.25) is 0 Å². The Bertz CT molecular complexity index is 421. The largest absolute Gasteiger partial charge is 0.479 e. The standard InChI is InChI=1S/C13H15FO4/c14-11-4-2-1-3-9(11)7-17-8-10-5-6-12(18-10)13(15)16/h1-4,10,12H,5-8H2,(H,15,16). The van der Waals surface area contributed by atoms with E-state index in [0.29, 0.717) is 18.4 Å². The molecular weight excluding hydrogens is 239 g/mol. The van der Waals surface area contributed by atoms with Gasteiger partial charge in [-0.1, -0.05) is 18.2 Å². The molecular formula is C13H15FO4. The second-order valence-corrected chi connectivity index (χ2v) is 4.27. The number of carboxylic acids is 1. The molecule has 0 saturated carbocycles. The fourth-order valence-corrected chi connectivity index (χ4v) is 1.93. The van der Waals surface area contributed by atoms with E-state index in [1.165, 1.54) is 6.07 Å². The topological polar surface area (TPSA) is 55.8 Å². The lowest BCUT2D eigenvalue weighted by atomic mass is 10.2. The van der Waals surface area contributed by atoms with E-state index in [4.69, 9.17) is 14.6 Å². The van der Waals surface area contributed by atoms with Crippen molar-refractivity contribution in [1.82, 2.24) is 0 Å². The maximum absolute atomic E-state index is 13.3. The SMILES string of the molecule is O=C(O)C1CCC(COCc2ccccc2F)O1. The molecule has 1 saturated heterocycles. The lowest BCUT2D eigenvalue weighted by Gasteiger charge is -2.12. The Balaban J connectivity index is 1.74. The molecule has 1 fully saturated rings. The van der Waals surface area contributed by atoms with Crippen LogP contribution in [0, 0.1) is 5.82 Å². The van der Waals surface area contributed by atoms with Crippen LogP contribution >= 0.6 is 0 Å². The van der Waals surface area contributed by atoms with Crippen molar-refractivity contribution in [2.24, 2.45) is 0 Å². The molecule has 2 atom stereocenters. The van der Waals surface area contributed by atoms with E-state index in [0.717, 1.165) is 0 Å². The van der Waals surface area contributed by atoms with Crippen LogP contribution < -0.4 is 0 Å². The average Bonchev–Trinajstić information content (AvgIpc) is 2.80. The zero-order chi connectivity index (χ0) is 13.0. The van der Waals surface area contributed by atoms with Crippen LogP contribution in [0.3, 0.4) is 0 Å². The van der Waals surface area contributed by atoms with Crippen molar-refractivity contribution in [3.8, 4) is 0 Å². The predicted molar refractivity (Wildman–Crippen MR) is 61.6 cm³/mol. The molecule has 1 heterocycles. The lowest BCUT2D eigenvalue weighted by Crippen LogP contribution is -2.22. The van der Waals surface area contributed by atoms with E-state index in [1.54, 1.807) is 18.2 Å². The third-order valence-corrected chi connectivity index (χ3v) is 2.90. The van der Waals surface area contributed by atoms with Gasteiger partial charge in [0.15, 0.2) is 6.10 Å². The Kier molecular flexibility index (Phi) is 4.28. The molecule has 0 amide bonds. The van der Waals surface area contributed by atoms with Gasteiger partial charge in [0.2, 0.25) is 0 Å². The molecule has 0 aromatic heterocycles. The number of aliphatic carboxylic acids is 1. The van der Waals surface area contributed by atoms with Crippen LogP contribution in [0.1, 0.15) is 18.4 Å². The van der Waals surface area contributed by atoms with Gasteiger partial charge in [-0.2, -0.15) is 0 Å². The average molecular weight is 254 g/mol. The van der Waals surface area contributed by atoms with Gasteiger partial charge in [0.1, 0.15) is 5.82 Å². The first kappa shape index (κ1) is 13.0. The minimum absolute atomic E-state index is 0.171. The van der Waals surface area contributed by atoms with Gasteiger partial charge < -0.3 is 14.6 Å². The normalized spacial score (nSPS) is 23.2. The van der Waals surface area contributed by atoms with Crippen LogP contribution in [0.15, 0.2) is 24.3 Å². The van der Waals surface area contributed by atoms with E-state index in [2.05, 4.69) is 0 Å². The van der Waals surface area contributed by atoms with Crippen LogP contribution in [0.5, 0.6) is 0 Å². The number of halogens is 1. The van der Waals surface area contributed by atoms with E-state index in [1.807, 2.05) is 0 Å². The van der Waals surface area contributed by atoms with Crippen LogP contribution in [0.2, 0.25) is 0 Å². The molecule has 0 aliphatic carbocycles. The van der Waals surface area contributed by atoms with Crippen molar-refractivity contribution in [2.45, 2.75) is 31.7 Å². The fraction of sp³-hybridized carbons (Fsp3) is 0.462. The molecule has 0 radical (unpaired) electrons. The minimum atomic E-state index is -0.938. The van der Waals surface area contributed by atoms with E-state index in [9.17, 15) is 9.18 Å². The lowest BCUT2D eigenvalue weighted by molar-refractivity contribution is -0.150. The third-order valence-electron chi connectivity index (χ3n) is 2.90. The maximum atomic E-state index is 13.3. The van der Waals surface area contributed by atoms with Gasteiger partial charge in [0, 0.05) is 5.56 Å². The summed E-state index contributed by atoms with van der Waals surface area (Å²) in [6.45, 7) is 0.461. The Morgan fingerprint density at radius 1 is 1.44 bits per heavy atom. The Hall–Kier alpha value is -1.46. The molecule has 1 aromatic rings. The number of hydrogen-bond acceptors (Lipinski definition) is 3. The van der Waals surface area contributed by atoms with Crippen LogP contribution in [-0.2, 0) is 20.9 Å². The zero-order valence-corrected chi connectivity index (χ0v) is 9.84. The number of benzene rings is 1. The van der Waals surface area contributed by atoms with Crippen LogP contribution in [-0.4, -0.2) is 29.9 Å². The summed E-state index contributed by atoms with van der Waals surface area (Å²) >= 11 is 0. The van der Waals surface area contributed by atoms with Crippen molar-refractivity contribution < 1.29 is 23.8 Å². The first-order valence-corrected chi connectivity index (χ1v) is 5.86. The molecule has 0 bridgehead atoms. The molecule has 98 valence electrons. The van der Waals surface area contributed by atoms with E-state index in [-0.39, 0.29) is 25.1 Å². The molecule has 2 unspecified atom stereocenters. The molecule has 0 spiro atoms. The van der Waals surface area contributed by atoms with Crippen LogP contribution in [0.25, 0.3) is 0 Å². The maximum Gasteiger partial charge on any atom is 0.332 e. The van der Waals surface area contributed by atoms with Crippen LogP contribution in [0.4, 0.5) is 4.39 Å². The summed E-state index contributed by atoms with van der Waals surface area (Å²) in [5, 5.41) is 8.76. The summed E-state index contributed by atoms with van der Waals surface area (Å²) in [7, 11) is 0. The molecule has 1 aromatic carbocycles. The van der Waals surface area contributed by atoms with Crippen molar-refractivity contribution in [3.63, 3.8) is 0 Å². The fourth-order valence-electron chi connectivity index (χ4n) is 1.93. The number of rotatable bonds is 5. The predicted octanol–water partition coefficient (Wildman–Crippen LogP) is 1.97. The number of carboxylic acid groups (broad SMARTS) is 1. The monoisotopic (exact) mass is 254 g/mol. The van der Waals surface area contributed by atoms with Gasteiger partial charge in [0.05, 0.1) is 19.3 Å². The van der Waals surface area contributed by atoms with Crippen molar-refractivity contribution >= 4 is 5.97 Å². The number of carbonyl (C=O) groups is 1.